The normalized spacial score (nSPS) is 10.8. The summed E-state index contributed by atoms with van der Waals surface area (Å²) in [7, 11) is 8.88. The van der Waals surface area contributed by atoms with Gasteiger partial charge >= 0.3 is 0 Å². The van der Waals surface area contributed by atoms with Crippen molar-refractivity contribution < 1.29 is 14.2 Å². The molecule has 0 unspecified atom stereocenters. The number of nitrogens with one attached hydrogen (secondary N) is 2. The molecule has 10 heteroatoms. The molecule has 0 amide bonds. The van der Waals surface area contributed by atoms with E-state index < -0.39 is 0 Å². The average molecular weight is 549 g/mol. The molecule has 0 saturated heterocycles. The van der Waals surface area contributed by atoms with Crippen LogP contribution in [0.5, 0.6) is 17.2 Å². The van der Waals surface area contributed by atoms with Crippen molar-refractivity contribution in [3.05, 3.63) is 28.8 Å². The predicted molar refractivity (Wildman–Crippen MR) is 134 cm³/mol. The molecule has 0 atom stereocenters. The lowest BCUT2D eigenvalue weighted by molar-refractivity contribution is 0.368. The number of aliphatic imine (C=N–C) groups is 1. The minimum atomic E-state index is 0. The third-order valence-corrected chi connectivity index (χ3v) is 5.21. The molecule has 2 rings (SSSR count). The molecule has 0 spiro atoms. The van der Waals surface area contributed by atoms with E-state index in [1.165, 1.54) is 0 Å². The number of ether oxygens (including phenoxy) is 3. The fourth-order valence-electron chi connectivity index (χ4n) is 2.71. The van der Waals surface area contributed by atoms with E-state index >= 15 is 0 Å². The zero-order chi connectivity index (χ0) is 21.2. The van der Waals surface area contributed by atoms with Gasteiger partial charge in [0, 0.05) is 50.3 Å². The Balaban J connectivity index is 0.00000450. The molecule has 0 aliphatic carbocycles. The van der Waals surface area contributed by atoms with Crippen molar-refractivity contribution in [2.45, 2.75) is 19.9 Å². The van der Waals surface area contributed by atoms with Crippen LogP contribution in [-0.4, -0.2) is 59.5 Å². The van der Waals surface area contributed by atoms with Gasteiger partial charge in [-0.2, -0.15) is 0 Å². The number of methoxy groups -OCH3 is 3. The van der Waals surface area contributed by atoms with Crippen molar-refractivity contribution in [2.24, 2.45) is 4.99 Å². The summed E-state index contributed by atoms with van der Waals surface area (Å²) >= 11 is 1.62. The van der Waals surface area contributed by atoms with Crippen LogP contribution in [0.2, 0.25) is 0 Å². The molecule has 0 aliphatic heterocycles. The van der Waals surface area contributed by atoms with Gasteiger partial charge in [0.2, 0.25) is 0 Å². The Kier molecular flexibility index (Phi) is 11.6. The van der Waals surface area contributed by atoms with Gasteiger partial charge in [0.1, 0.15) is 17.2 Å². The molecule has 168 valence electrons. The number of guanidine groups is 1. The van der Waals surface area contributed by atoms with Gasteiger partial charge in [-0.15, -0.1) is 35.3 Å². The standard InChI is InChI=1S/C20H31N5O3S.HI/c1-7-21-19(23-12-14-13-29-20(24-14)25(2)3)22-9-8-16-17(27-5)10-15(26-4)11-18(16)28-6;/h10-11,13H,7-9,12H2,1-6H3,(H2,21,22,23);1H. The number of nitrogens with zero attached hydrogens (tertiary/aromatic N) is 3. The van der Waals surface area contributed by atoms with Crippen molar-refractivity contribution in [2.75, 3.05) is 53.4 Å². The minimum Gasteiger partial charge on any atom is -0.496 e. The molecule has 0 saturated carbocycles. The molecule has 30 heavy (non-hydrogen) atoms. The van der Waals surface area contributed by atoms with Gasteiger partial charge in [-0.1, -0.05) is 0 Å². The molecule has 1 aromatic carbocycles. The molecule has 0 bridgehead atoms. The minimum absolute atomic E-state index is 0. The van der Waals surface area contributed by atoms with E-state index in [4.69, 9.17) is 14.2 Å². The molecule has 8 nitrogen and oxygen atoms in total. The van der Waals surface area contributed by atoms with Gasteiger partial charge in [0.25, 0.3) is 0 Å². The number of rotatable bonds is 10. The highest BCUT2D eigenvalue weighted by Crippen LogP contribution is 2.34. The second-order valence-electron chi connectivity index (χ2n) is 6.40. The summed E-state index contributed by atoms with van der Waals surface area (Å²) in [6.07, 6.45) is 0.711. The van der Waals surface area contributed by atoms with Crippen molar-refractivity contribution >= 4 is 46.4 Å². The van der Waals surface area contributed by atoms with Crippen LogP contribution in [0, 0.1) is 0 Å². The molecular formula is C20H32IN5O3S. The van der Waals surface area contributed by atoms with E-state index in [2.05, 4.69) is 20.6 Å². The fraction of sp³-hybridized carbons (Fsp3) is 0.500. The number of benzene rings is 1. The van der Waals surface area contributed by atoms with Gasteiger partial charge < -0.3 is 29.7 Å². The van der Waals surface area contributed by atoms with Crippen LogP contribution in [0.25, 0.3) is 0 Å². The SMILES string of the molecule is CCNC(=NCc1csc(N(C)C)n1)NCCc1c(OC)cc(OC)cc1OC.I. The van der Waals surface area contributed by atoms with E-state index in [9.17, 15) is 0 Å². The number of hydrogen-bond acceptors (Lipinski definition) is 7. The van der Waals surface area contributed by atoms with Crippen molar-refractivity contribution in [1.82, 2.24) is 15.6 Å². The Morgan fingerprint density at radius 2 is 1.77 bits per heavy atom. The molecule has 1 aromatic heterocycles. The summed E-state index contributed by atoms with van der Waals surface area (Å²) in [5, 5.41) is 9.64. The third kappa shape index (κ3) is 7.38. The van der Waals surface area contributed by atoms with Crippen LogP contribution in [0.1, 0.15) is 18.2 Å². The zero-order valence-electron chi connectivity index (χ0n) is 18.4. The Hall–Kier alpha value is -1.95. The van der Waals surface area contributed by atoms with Gasteiger partial charge in [-0.25, -0.2) is 9.98 Å². The first-order chi connectivity index (χ1) is 14.0. The number of thiazole rings is 1. The van der Waals surface area contributed by atoms with Gasteiger partial charge in [0.15, 0.2) is 11.1 Å². The van der Waals surface area contributed by atoms with Gasteiger partial charge in [0.05, 0.1) is 33.6 Å². The van der Waals surface area contributed by atoms with Crippen molar-refractivity contribution in [3.8, 4) is 17.2 Å². The Labute approximate surface area is 200 Å². The summed E-state index contributed by atoms with van der Waals surface area (Å²) < 4.78 is 16.3. The van der Waals surface area contributed by atoms with Gasteiger partial charge in [-0.3, -0.25) is 0 Å². The lowest BCUT2D eigenvalue weighted by atomic mass is 10.1. The maximum Gasteiger partial charge on any atom is 0.191 e. The fourth-order valence-corrected chi connectivity index (χ4v) is 3.46. The summed E-state index contributed by atoms with van der Waals surface area (Å²) in [5.74, 6) is 2.93. The quantitative estimate of drug-likeness (QED) is 0.268. The van der Waals surface area contributed by atoms with E-state index in [0.717, 1.165) is 40.4 Å². The van der Waals surface area contributed by atoms with Crippen molar-refractivity contribution in [1.29, 1.82) is 0 Å². The van der Waals surface area contributed by atoms with Gasteiger partial charge in [-0.05, 0) is 13.3 Å². The molecule has 0 radical (unpaired) electrons. The maximum atomic E-state index is 5.52. The number of anilines is 1. The molecule has 2 aromatic rings. The van der Waals surface area contributed by atoms with Crippen molar-refractivity contribution in [3.63, 3.8) is 0 Å². The second kappa shape index (κ2) is 13.4. The monoisotopic (exact) mass is 549 g/mol. The van der Waals surface area contributed by atoms with Crippen LogP contribution in [-0.2, 0) is 13.0 Å². The maximum absolute atomic E-state index is 5.52. The zero-order valence-corrected chi connectivity index (χ0v) is 21.6. The number of halogens is 1. The molecule has 0 fully saturated rings. The number of hydrogen-bond donors (Lipinski definition) is 2. The Morgan fingerprint density at radius 1 is 1.10 bits per heavy atom. The van der Waals surface area contributed by atoms with Crippen LogP contribution in [0.15, 0.2) is 22.5 Å². The van der Waals surface area contributed by atoms with Crippen LogP contribution in [0.4, 0.5) is 5.13 Å². The lowest BCUT2D eigenvalue weighted by Crippen LogP contribution is -2.38. The molecule has 2 N–H and O–H groups in total. The summed E-state index contributed by atoms with van der Waals surface area (Å²) in [6.45, 7) is 4.01. The van der Waals surface area contributed by atoms with E-state index in [1.807, 2.05) is 43.4 Å². The van der Waals surface area contributed by atoms with Crippen LogP contribution < -0.4 is 29.7 Å². The second-order valence-corrected chi connectivity index (χ2v) is 7.23. The first-order valence-electron chi connectivity index (χ1n) is 9.45. The highest BCUT2D eigenvalue weighted by atomic mass is 127. The summed E-state index contributed by atoms with van der Waals surface area (Å²) in [5.41, 5.74) is 1.93. The summed E-state index contributed by atoms with van der Waals surface area (Å²) in [6, 6.07) is 3.73. The average Bonchev–Trinajstić information content (AvgIpc) is 3.21. The highest BCUT2D eigenvalue weighted by molar-refractivity contribution is 14.0. The van der Waals surface area contributed by atoms with E-state index in [1.54, 1.807) is 32.7 Å². The van der Waals surface area contributed by atoms with E-state index in [-0.39, 0.29) is 24.0 Å². The first kappa shape index (κ1) is 26.1. The molecular weight excluding hydrogens is 517 g/mol. The smallest absolute Gasteiger partial charge is 0.191 e. The summed E-state index contributed by atoms with van der Waals surface area (Å²) in [4.78, 5) is 11.2. The molecule has 1 heterocycles. The third-order valence-electron chi connectivity index (χ3n) is 4.15. The first-order valence-corrected chi connectivity index (χ1v) is 10.3. The van der Waals surface area contributed by atoms with E-state index in [0.29, 0.717) is 25.3 Å². The lowest BCUT2D eigenvalue weighted by Gasteiger charge is -2.16. The van der Waals surface area contributed by atoms with Crippen LogP contribution in [0.3, 0.4) is 0 Å². The topological polar surface area (TPSA) is 80.2 Å². The highest BCUT2D eigenvalue weighted by Gasteiger charge is 2.13. The number of aromatic nitrogens is 1. The largest absolute Gasteiger partial charge is 0.496 e. The Morgan fingerprint density at radius 3 is 2.27 bits per heavy atom. The predicted octanol–water partition coefficient (Wildman–Crippen LogP) is 3.15. The molecule has 0 aliphatic rings. The Bertz CT molecular complexity index is 788. The van der Waals surface area contributed by atoms with Crippen LogP contribution >= 0.6 is 35.3 Å².